The average molecular weight is 350 g/mol. The molecular weight excluding hydrogens is 332 g/mol. The molecule has 0 unspecified atom stereocenters. The Hall–Kier alpha value is -3.41. The molecule has 132 valence electrons. The van der Waals surface area contributed by atoms with Gasteiger partial charge in [0.25, 0.3) is 11.5 Å². The molecule has 0 spiro atoms. The largest absolute Gasteiger partial charge is 0.435 e. The Morgan fingerprint density at radius 1 is 1.04 bits per heavy atom. The van der Waals surface area contributed by atoms with Crippen LogP contribution in [0.3, 0.4) is 0 Å². The van der Waals surface area contributed by atoms with Gasteiger partial charge in [0.2, 0.25) is 0 Å². The number of carbonyl (C=O) groups excluding carboxylic acids is 2. The Morgan fingerprint density at radius 3 is 2.42 bits per heavy atom. The average Bonchev–Trinajstić information content (AvgIpc) is 2.58. The number of benzene rings is 2. The van der Waals surface area contributed by atoms with Gasteiger partial charge in [-0.1, -0.05) is 24.3 Å². The minimum Gasteiger partial charge on any atom is -0.435 e. The summed E-state index contributed by atoms with van der Waals surface area (Å²) in [5, 5.41) is 7.25. The number of fused-ring (bicyclic) bond motifs is 1. The predicted molar refractivity (Wildman–Crippen MR) is 97.4 cm³/mol. The van der Waals surface area contributed by atoms with Crippen molar-refractivity contribution in [3.8, 4) is 0 Å². The minimum atomic E-state index is -0.603. The number of amides is 1. The van der Waals surface area contributed by atoms with E-state index >= 15 is 0 Å². The van der Waals surface area contributed by atoms with Crippen LogP contribution in [-0.4, -0.2) is 11.9 Å². The second kappa shape index (κ2) is 7.23. The van der Waals surface area contributed by atoms with Crippen molar-refractivity contribution in [2.45, 2.75) is 20.8 Å². The van der Waals surface area contributed by atoms with Crippen LogP contribution in [0, 0.1) is 13.8 Å². The molecule has 0 saturated carbocycles. The summed E-state index contributed by atoms with van der Waals surface area (Å²) in [6.45, 7) is 5.13. The fraction of sp³-hybridized carbons (Fsp3) is 0.150. The fourth-order valence-electron chi connectivity index (χ4n) is 2.65. The summed E-state index contributed by atoms with van der Waals surface area (Å²) in [5.41, 5.74) is 3.37. The summed E-state index contributed by atoms with van der Waals surface area (Å²) < 4.78 is 5.64. The van der Waals surface area contributed by atoms with Crippen molar-refractivity contribution in [3.05, 3.63) is 70.8 Å². The van der Waals surface area contributed by atoms with Gasteiger partial charge < -0.3 is 14.6 Å². The maximum Gasteiger partial charge on any atom is 0.332 e. The first-order valence-electron chi connectivity index (χ1n) is 8.06. The smallest absolute Gasteiger partial charge is 0.332 e. The van der Waals surface area contributed by atoms with E-state index in [-0.39, 0.29) is 11.1 Å². The Bertz CT molecular complexity index is 1050. The lowest BCUT2D eigenvalue weighted by Crippen LogP contribution is -2.22. The van der Waals surface area contributed by atoms with Crippen molar-refractivity contribution in [2.75, 3.05) is 5.32 Å². The number of aryl methyl sites for hydroxylation is 2. The van der Waals surface area contributed by atoms with Gasteiger partial charge in [-0.2, -0.15) is 0 Å². The molecule has 1 amide bonds. The minimum absolute atomic E-state index is 0.0687. The molecule has 0 atom stereocenters. The van der Waals surface area contributed by atoms with Crippen molar-refractivity contribution in [2.24, 2.45) is 5.16 Å². The molecule has 0 aliphatic rings. The molecule has 0 fully saturated rings. The highest BCUT2D eigenvalue weighted by Crippen LogP contribution is 2.16. The quantitative estimate of drug-likeness (QED) is 0.577. The number of anilines is 1. The van der Waals surface area contributed by atoms with Crippen LogP contribution in [0.4, 0.5) is 5.69 Å². The summed E-state index contributed by atoms with van der Waals surface area (Å²) in [6, 6.07) is 14.6. The van der Waals surface area contributed by atoms with E-state index in [1.807, 2.05) is 44.2 Å². The Balaban J connectivity index is 2.06. The predicted octanol–water partition coefficient (Wildman–Crippen LogP) is 3.68. The molecule has 6 heteroatoms. The van der Waals surface area contributed by atoms with E-state index in [0.29, 0.717) is 11.3 Å². The maximum atomic E-state index is 12.8. The summed E-state index contributed by atoms with van der Waals surface area (Å²) in [7, 11) is 0. The lowest BCUT2D eigenvalue weighted by atomic mass is 10.1. The zero-order valence-electron chi connectivity index (χ0n) is 14.7. The molecule has 0 aliphatic carbocycles. The molecule has 1 N–H and O–H groups in total. The molecule has 0 saturated heterocycles. The van der Waals surface area contributed by atoms with Crippen molar-refractivity contribution < 1.29 is 18.8 Å². The highest BCUT2D eigenvalue weighted by atomic mass is 16.7. The molecule has 1 aromatic heterocycles. The van der Waals surface area contributed by atoms with Crippen LogP contribution in [0.2, 0.25) is 0 Å². The van der Waals surface area contributed by atoms with E-state index in [2.05, 4.69) is 15.3 Å². The second-order valence-electron chi connectivity index (χ2n) is 6.01. The van der Waals surface area contributed by atoms with Crippen molar-refractivity contribution >= 4 is 28.5 Å². The van der Waals surface area contributed by atoms with E-state index in [0.717, 1.165) is 16.5 Å². The number of nitrogens with one attached hydrogen (secondary N) is 1. The van der Waals surface area contributed by atoms with Crippen molar-refractivity contribution in [1.29, 1.82) is 0 Å². The van der Waals surface area contributed by atoms with Crippen LogP contribution in [0.5, 0.6) is 0 Å². The third-order valence-corrected chi connectivity index (χ3v) is 3.64. The van der Waals surface area contributed by atoms with E-state index in [4.69, 9.17) is 4.42 Å². The van der Waals surface area contributed by atoms with Gasteiger partial charge in [0.05, 0.1) is 0 Å². The summed E-state index contributed by atoms with van der Waals surface area (Å²) in [6.07, 6.45) is 0. The third-order valence-electron chi connectivity index (χ3n) is 3.64. The highest BCUT2D eigenvalue weighted by Gasteiger charge is 2.14. The first-order chi connectivity index (χ1) is 12.4. The molecule has 26 heavy (non-hydrogen) atoms. The lowest BCUT2D eigenvalue weighted by Gasteiger charge is -2.08. The van der Waals surface area contributed by atoms with Gasteiger partial charge in [0, 0.05) is 18.0 Å². The number of rotatable bonds is 3. The van der Waals surface area contributed by atoms with E-state index in [1.165, 1.54) is 6.92 Å². The molecule has 0 aliphatic heterocycles. The molecule has 1 heterocycles. The van der Waals surface area contributed by atoms with Crippen LogP contribution in [-0.2, 0) is 9.63 Å². The molecule has 0 bridgehead atoms. The Labute approximate surface area is 150 Å². The maximum absolute atomic E-state index is 12.8. The standard InChI is InChI=1S/C20H18N2O4/c1-12-8-13(2)10-16(9-12)21-19(24)17-11-15-6-4-5-7-18(15)25-20(17)22-26-14(3)23/h4-11H,1-3H3,(H,21,24)/b22-20-. The van der Waals surface area contributed by atoms with Crippen LogP contribution < -0.4 is 10.9 Å². The topological polar surface area (TPSA) is 80.9 Å². The van der Waals surface area contributed by atoms with Gasteiger partial charge >= 0.3 is 5.97 Å². The van der Waals surface area contributed by atoms with Gasteiger partial charge in [-0.25, -0.2) is 4.79 Å². The van der Waals surface area contributed by atoms with Crippen LogP contribution >= 0.6 is 0 Å². The molecule has 0 radical (unpaired) electrons. The first kappa shape index (κ1) is 17.4. The number of hydrogen-bond acceptors (Lipinski definition) is 5. The molecular formula is C20H18N2O4. The third kappa shape index (κ3) is 3.97. The number of nitrogens with zero attached hydrogens (tertiary/aromatic N) is 1. The van der Waals surface area contributed by atoms with Gasteiger partial charge in [0.1, 0.15) is 11.1 Å². The van der Waals surface area contributed by atoms with Gasteiger partial charge in [0.15, 0.2) is 0 Å². The second-order valence-corrected chi connectivity index (χ2v) is 6.01. The number of hydrogen-bond donors (Lipinski definition) is 1. The van der Waals surface area contributed by atoms with Gasteiger partial charge in [-0.3, -0.25) is 4.79 Å². The zero-order valence-corrected chi connectivity index (χ0v) is 14.7. The number of para-hydroxylation sites is 1. The van der Waals surface area contributed by atoms with E-state index in [1.54, 1.807) is 18.2 Å². The van der Waals surface area contributed by atoms with Crippen LogP contribution in [0.15, 0.2) is 58.1 Å². The van der Waals surface area contributed by atoms with E-state index in [9.17, 15) is 9.59 Å². The molecule has 2 aromatic carbocycles. The Morgan fingerprint density at radius 2 is 1.73 bits per heavy atom. The Kier molecular flexibility index (Phi) is 4.84. The number of carbonyl (C=O) groups is 2. The zero-order chi connectivity index (χ0) is 18.7. The van der Waals surface area contributed by atoms with Gasteiger partial charge in [-0.05, 0) is 54.4 Å². The lowest BCUT2D eigenvalue weighted by molar-refractivity contribution is -0.141. The summed E-state index contributed by atoms with van der Waals surface area (Å²) in [5.74, 6) is -1.01. The monoisotopic (exact) mass is 350 g/mol. The van der Waals surface area contributed by atoms with Crippen LogP contribution in [0.25, 0.3) is 11.0 Å². The van der Waals surface area contributed by atoms with Crippen molar-refractivity contribution in [3.63, 3.8) is 0 Å². The molecule has 3 rings (SSSR count). The SMILES string of the molecule is CC(=O)O/N=c1\oc2ccccc2cc1C(=O)Nc1cc(C)cc(C)c1. The van der Waals surface area contributed by atoms with Crippen molar-refractivity contribution in [1.82, 2.24) is 0 Å². The first-order valence-corrected chi connectivity index (χ1v) is 8.06. The highest BCUT2D eigenvalue weighted by molar-refractivity contribution is 6.05. The normalized spacial score (nSPS) is 11.4. The molecule has 3 aromatic rings. The fourth-order valence-corrected chi connectivity index (χ4v) is 2.65. The van der Waals surface area contributed by atoms with Crippen LogP contribution in [0.1, 0.15) is 28.4 Å². The summed E-state index contributed by atoms with van der Waals surface area (Å²) >= 11 is 0. The van der Waals surface area contributed by atoms with Gasteiger partial charge in [-0.15, -0.1) is 0 Å². The van der Waals surface area contributed by atoms with E-state index < -0.39 is 11.9 Å². The summed E-state index contributed by atoms with van der Waals surface area (Å²) in [4.78, 5) is 28.5. The molecule has 6 nitrogen and oxygen atoms in total.